The number of nitrogens with zero attached hydrogens (tertiary/aromatic N) is 1. The van der Waals surface area contributed by atoms with Crippen molar-refractivity contribution in [1.82, 2.24) is 10.2 Å². The highest BCUT2D eigenvalue weighted by molar-refractivity contribution is 9.09. The summed E-state index contributed by atoms with van der Waals surface area (Å²) in [4.78, 5) is 3.25. The molecule has 0 amide bonds. The van der Waals surface area contributed by atoms with Crippen molar-refractivity contribution in [2.75, 3.05) is 32.7 Å². The molecule has 1 N–H and O–H groups in total. The van der Waals surface area contributed by atoms with Gasteiger partial charge < -0.3 is 10.2 Å². The van der Waals surface area contributed by atoms with Gasteiger partial charge in [0.1, 0.15) is 0 Å². The molecule has 0 bridgehead atoms. The minimum atomic E-state index is 0.696. The molecule has 2 nitrogen and oxygen atoms in total. The quantitative estimate of drug-likeness (QED) is 0.560. The van der Waals surface area contributed by atoms with Gasteiger partial charge in [0.25, 0.3) is 0 Å². The summed E-state index contributed by atoms with van der Waals surface area (Å²) in [7, 11) is 0. The van der Waals surface area contributed by atoms with E-state index < -0.39 is 0 Å². The van der Waals surface area contributed by atoms with E-state index in [2.05, 4.69) is 33.1 Å². The highest BCUT2D eigenvalue weighted by Crippen LogP contribution is 2.08. The van der Waals surface area contributed by atoms with Gasteiger partial charge in [0.15, 0.2) is 0 Å². The van der Waals surface area contributed by atoms with Crippen LogP contribution in [0.2, 0.25) is 0 Å². The lowest BCUT2D eigenvalue weighted by atomic mass is 10.2. The molecular weight excluding hydrogens is 240 g/mol. The van der Waals surface area contributed by atoms with Gasteiger partial charge >= 0.3 is 0 Å². The normalized spacial score (nSPS) is 20.1. The molecule has 0 saturated carbocycles. The first-order valence-electron chi connectivity index (χ1n) is 5.90. The molecule has 1 heterocycles. The van der Waals surface area contributed by atoms with Crippen molar-refractivity contribution in [2.45, 2.75) is 37.4 Å². The molecule has 1 atom stereocenters. The lowest BCUT2D eigenvalue weighted by Crippen LogP contribution is -2.30. The molecule has 84 valence electrons. The standard InChI is InChI=1S/C11H23BrN2/c1-2-11(12)5-6-13-7-10-14-8-3-4-9-14/h11,13H,2-10H2,1H3. The van der Waals surface area contributed by atoms with Gasteiger partial charge in [-0.3, -0.25) is 0 Å². The molecular formula is C11H23BrN2. The van der Waals surface area contributed by atoms with Crippen LogP contribution >= 0.6 is 15.9 Å². The first-order chi connectivity index (χ1) is 6.83. The summed E-state index contributed by atoms with van der Waals surface area (Å²) >= 11 is 3.64. The summed E-state index contributed by atoms with van der Waals surface area (Å²) in [6, 6.07) is 0. The van der Waals surface area contributed by atoms with Gasteiger partial charge in [0.2, 0.25) is 0 Å². The minimum absolute atomic E-state index is 0.696. The predicted octanol–water partition coefficient (Wildman–Crippen LogP) is 2.24. The minimum Gasteiger partial charge on any atom is -0.315 e. The molecule has 1 rings (SSSR count). The Kier molecular flexibility index (Phi) is 6.82. The van der Waals surface area contributed by atoms with E-state index in [1.54, 1.807) is 0 Å². The van der Waals surface area contributed by atoms with Crippen molar-refractivity contribution in [3.05, 3.63) is 0 Å². The SMILES string of the molecule is CCC(Br)CCNCCN1CCCC1. The number of nitrogens with one attached hydrogen (secondary N) is 1. The Hall–Kier alpha value is 0.400. The summed E-state index contributed by atoms with van der Waals surface area (Å²) in [5.41, 5.74) is 0. The van der Waals surface area contributed by atoms with Crippen molar-refractivity contribution in [1.29, 1.82) is 0 Å². The molecule has 1 unspecified atom stereocenters. The maximum atomic E-state index is 3.64. The van der Waals surface area contributed by atoms with E-state index in [1.165, 1.54) is 45.3 Å². The maximum absolute atomic E-state index is 3.64. The Balaban J connectivity index is 1.84. The van der Waals surface area contributed by atoms with Crippen LogP contribution in [0.25, 0.3) is 0 Å². The third-order valence-corrected chi connectivity index (χ3v) is 3.99. The van der Waals surface area contributed by atoms with Gasteiger partial charge in [0, 0.05) is 17.9 Å². The summed E-state index contributed by atoms with van der Waals surface area (Å²) in [5.74, 6) is 0. The molecule has 0 aromatic rings. The zero-order chi connectivity index (χ0) is 10.2. The summed E-state index contributed by atoms with van der Waals surface area (Å²) in [6.45, 7) is 8.40. The third-order valence-electron chi connectivity index (χ3n) is 2.88. The van der Waals surface area contributed by atoms with Gasteiger partial charge in [0.05, 0.1) is 0 Å². The van der Waals surface area contributed by atoms with Crippen LogP contribution in [0.4, 0.5) is 0 Å². The third kappa shape index (κ3) is 5.32. The molecule has 1 fully saturated rings. The first kappa shape index (κ1) is 12.5. The summed E-state index contributed by atoms with van der Waals surface area (Å²) in [5, 5.41) is 3.51. The molecule has 0 spiro atoms. The van der Waals surface area contributed by atoms with E-state index in [-0.39, 0.29) is 0 Å². The van der Waals surface area contributed by atoms with Crippen molar-refractivity contribution in [2.24, 2.45) is 0 Å². The fourth-order valence-electron chi connectivity index (χ4n) is 1.83. The predicted molar refractivity (Wildman–Crippen MR) is 66.2 cm³/mol. The smallest absolute Gasteiger partial charge is 0.0155 e. The maximum Gasteiger partial charge on any atom is 0.0155 e. The van der Waals surface area contributed by atoms with Crippen molar-refractivity contribution in [3.63, 3.8) is 0 Å². The fourth-order valence-corrected chi connectivity index (χ4v) is 2.06. The molecule has 0 radical (unpaired) electrons. The Morgan fingerprint density at radius 3 is 2.64 bits per heavy atom. The zero-order valence-electron chi connectivity index (χ0n) is 9.27. The highest BCUT2D eigenvalue weighted by Gasteiger charge is 2.09. The number of alkyl halides is 1. The van der Waals surface area contributed by atoms with Gasteiger partial charge in [-0.15, -0.1) is 0 Å². The molecule has 1 aliphatic rings. The second-order valence-corrected chi connectivity index (χ2v) is 5.39. The van der Waals surface area contributed by atoms with Crippen LogP contribution in [0, 0.1) is 0 Å². The Morgan fingerprint density at radius 2 is 2.00 bits per heavy atom. The van der Waals surface area contributed by atoms with Crippen molar-refractivity contribution >= 4 is 15.9 Å². The van der Waals surface area contributed by atoms with Crippen LogP contribution in [-0.4, -0.2) is 42.5 Å². The largest absolute Gasteiger partial charge is 0.315 e. The van der Waals surface area contributed by atoms with Gasteiger partial charge in [-0.2, -0.15) is 0 Å². The van der Waals surface area contributed by atoms with Gasteiger partial charge in [-0.05, 0) is 45.3 Å². The lowest BCUT2D eigenvalue weighted by molar-refractivity contribution is 0.336. The molecule has 0 aromatic carbocycles. The van der Waals surface area contributed by atoms with Crippen LogP contribution in [0.15, 0.2) is 0 Å². The monoisotopic (exact) mass is 262 g/mol. The van der Waals surface area contributed by atoms with Crippen LogP contribution in [0.3, 0.4) is 0 Å². The number of hydrogen-bond donors (Lipinski definition) is 1. The van der Waals surface area contributed by atoms with E-state index in [1.807, 2.05) is 0 Å². The number of hydrogen-bond acceptors (Lipinski definition) is 2. The molecule has 1 aliphatic heterocycles. The van der Waals surface area contributed by atoms with E-state index in [0.717, 1.165) is 13.1 Å². The first-order valence-corrected chi connectivity index (χ1v) is 6.81. The van der Waals surface area contributed by atoms with E-state index in [0.29, 0.717) is 4.83 Å². The number of likely N-dealkylation sites (tertiary alicyclic amines) is 1. The number of rotatable bonds is 7. The molecule has 14 heavy (non-hydrogen) atoms. The lowest BCUT2D eigenvalue weighted by Gasteiger charge is -2.15. The van der Waals surface area contributed by atoms with Gasteiger partial charge in [-0.1, -0.05) is 22.9 Å². The molecule has 0 aliphatic carbocycles. The average Bonchev–Trinajstić information content (AvgIpc) is 2.69. The Bertz CT molecular complexity index is 135. The second-order valence-electron chi connectivity index (χ2n) is 4.09. The average molecular weight is 263 g/mol. The fraction of sp³-hybridized carbons (Fsp3) is 1.00. The van der Waals surface area contributed by atoms with E-state index in [4.69, 9.17) is 0 Å². The summed E-state index contributed by atoms with van der Waals surface area (Å²) < 4.78 is 0. The van der Waals surface area contributed by atoms with E-state index in [9.17, 15) is 0 Å². The van der Waals surface area contributed by atoms with Crippen molar-refractivity contribution < 1.29 is 0 Å². The van der Waals surface area contributed by atoms with Crippen LogP contribution in [0.1, 0.15) is 32.6 Å². The second kappa shape index (κ2) is 7.66. The highest BCUT2D eigenvalue weighted by atomic mass is 79.9. The number of halogens is 1. The topological polar surface area (TPSA) is 15.3 Å². The van der Waals surface area contributed by atoms with Gasteiger partial charge in [-0.25, -0.2) is 0 Å². The van der Waals surface area contributed by atoms with Crippen molar-refractivity contribution in [3.8, 4) is 0 Å². The van der Waals surface area contributed by atoms with Crippen LogP contribution in [-0.2, 0) is 0 Å². The van der Waals surface area contributed by atoms with Crippen LogP contribution < -0.4 is 5.32 Å². The molecule has 1 saturated heterocycles. The molecule has 3 heteroatoms. The Labute approximate surface area is 96.6 Å². The molecule has 0 aromatic heterocycles. The Morgan fingerprint density at radius 1 is 1.29 bits per heavy atom. The summed E-state index contributed by atoms with van der Waals surface area (Å²) in [6.07, 6.45) is 5.28. The zero-order valence-corrected chi connectivity index (χ0v) is 10.9. The van der Waals surface area contributed by atoms with Crippen LogP contribution in [0.5, 0.6) is 0 Å². The van der Waals surface area contributed by atoms with E-state index >= 15 is 0 Å².